The van der Waals surface area contributed by atoms with Crippen LogP contribution < -0.4 is 5.73 Å². The third kappa shape index (κ3) is 2.14. The van der Waals surface area contributed by atoms with Crippen LogP contribution in [0.1, 0.15) is 27.6 Å². The van der Waals surface area contributed by atoms with Crippen molar-refractivity contribution >= 4 is 22.9 Å². The van der Waals surface area contributed by atoms with Crippen molar-refractivity contribution in [3.63, 3.8) is 0 Å². The highest BCUT2D eigenvalue weighted by atomic mass is 35.5. The summed E-state index contributed by atoms with van der Waals surface area (Å²) in [5.74, 6) is 0. The van der Waals surface area contributed by atoms with Gasteiger partial charge < -0.3 is 5.73 Å². The molecule has 0 bridgehead atoms. The number of rotatable bonds is 2. The first-order valence-corrected chi connectivity index (χ1v) is 6.41. The van der Waals surface area contributed by atoms with Crippen LogP contribution in [0.15, 0.2) is 29.6 Å². The lowest BCUT2D eigenvalue weighted by atomic mass is 9.99. The Kier molecular flexibility index (Phi) is 3.33. The van der Waals surface area contributed by atoms with Crippen molar-refractivity contribution in [3.05, 3.63) is 56.2 Å². The predicted octanol–water partition coefficient (Wildman–Crippen LogP) is 4.07. The molecule has 0 saturated heterocycles. The molecular formula is C13H14ClNS. The summed E-state index contributed by atoms with van der Waals surface area (Å²) in [6, 6.07) is 7.96. The van der Waals surface area contributed by atoms with Gasteiger partial charge in [0.1, 0.15) is 0 Å². The minimum atomic E-state index is -0.126. The van der Waals surface area contributed by atoms with E-state index in [0.717, 1.165) is 21.7 Å². The molecular weight excluding hydrogens is 238 g/mol. The van der Waals surface area contributed by atoms with Crippen molar-refractivity contribution in [2.24, 2.45) is 5.73 Å². The lowest BCUT2D eigenvalue weighted by Gasteiger charge is -2.14. The molecule has 1 aromatic carbocycles. The molecule has 0 aliphatic carbocycles. The Balaban J connectivity index is 2.41. The van der Waals surface area contributed by atoms with Crippen LogP contribution in [0.4, 0.5) is 0 Å². The second-order valence-electron chi connectivity index (χ2n) is 3.93. The maximum absolute atomic E-state index is 6.23. The van der Waals surface area contributed by atoms with Crippen molar-refractivity contribution in [3.8, 4) is 0 Å². The fraction of sp³-hybridized carbons (Fsp3) is 0.231. The number of thiophene rings is 1. The van der Waals surface area contributed by atoms with Crippen LogP contribution in [0.5, 0.6) is 0 Å². The van der Waals surface area contributed by atoms with Crippen molar-refractivity contribution < 1.29 is 0 Å². The maximum atomic E-state index is 6.23. The van der Waals surface area contributed by atoms with Crippen LogP contribution >= 0.6 is 22.9 Å². The van der Waals surface area contributed by atoms with Gasteiger partial charge >= 0.3 is 0 Å². The molecule has 2 N–H and O–H groups in total. The van der Waals surface area contributed by atoms with E-state index in [1.54, 1.807) is 11.3 Å². The van der Waals surface area contributed by atoms with Gasteiger partial charge in [0.15, 0.2) is 0 Å². The molecule has 0 fully saturated rings. The number of nitrogens with two attached hydrogens (primary N) is 1. The number of aryl methyl sites for hydroxylation is 2. The van der Waals surface area contributed by atoms with Gasteiger partial charge in [0.2, 0.25) is 0 Å². The number of hydrogen-bond donors (Lipinski definition) is 1. The Morgan fingerprint density at radius 2 is 1.94 bits per heavy atom. The highest BCUT2D eigenvalue weighted by molar-refractivity contribution is 7.10. The third-order valence-electron chi connectivity index (χ3n) is 2.73. The predicted molar refractivity (Wildman–Crippen MR) is 71.3 cm³/mol. The van der Waals surface area contributed by atoms with Gasteiger partial charge in [0, 0.05) is 9.90 Å². The van der Waals surface area contributed by atoms with E-state index < -0.39 is 0 Å². The average Bonchev–Trinajstić information content (AvgIpc) is 2.63. The van der Waals surface area contributed by atoms with Gasteiger partial charge in [-0.3, -0.25) is 0 Å². The van der Waals surface area contributed by atoms with E-state index in [1.807, 2.05) is 25.1 Å². The SMILES string of the molecule is Cc1ccc(C(N)c2ccsc2C)c(Cl)c1. The van der Waals surface area contributed by atoms with Gasteiger partial charge in [0.25, 0.3) is 0 Å². The molecule has 84 valence electrons. The first-order valence-electron chi connectivity index (χ1n) is 5.15. The van der Waals surface area contributed by atoms with E-state index in [0.29, 0.717) is 0 Å². The Morgan fingerprint density at radius 1 is 1.19 bits per heavy atom. The molecule has 2 rings (SSSR count). The van der Waals surface area contributed by atoms with Crippen LogP contribution in [0.3, 0.4) is 0 Å². The molecule has 2 aromatic rings. The first kappa shape index (κ1) is 11.6. The van der Waals surface area contributed by atoms with Gasteiger partial charge in [-0.05, 0) is 48.1 Å². The zero-order valence-electron chi connectivity index (χ0n) is 9.33. The fourth-order valence-corrected chi connectivity index (χ4v) is 2.87. The maximum Gasteiger partial charge on any atom is 0.0577 e. The fourth-order valence-electron chi connectivity index (χ4n) is 1.77. The van der Waals surface area contributed by atoms with Crippen LogP contribution in [-0.4, -0.2) is 0 Å². The Bertz CT molecular complexity index is 504. The van der Waals surface area contributed by atoms with E-state index in [1.165, 1.54) is 4.88 Å². The van der Waals surface area contributed by atoms with Gasteiger partial charge in [-0.2, -0.15) is 0 Å². The van der Waals surface area contributed by atoms with E-state index in [-0.39, 0.29) is 6.04 Å². The molecule has 16 heavy (non-hydrogen) atoms. The number of hydrogen-bond acceptors (Lipinski definition) is 2. The molecule has 3 heteroatoms. The smallest absolute Gasteiger partial charge is 0.0577 e. The standard InChI is InChI=1S/C13H14ClNS/c1-8-3-4-11(12(14)7-8)13(15)10-5-6-16-9(10)2/h3-7,13H,15H2,1-2H3. The Morgan fingerprint density at radius 3 is 2.50 bits per heavy atom. The second kappa shape index (κ2) is 4.58. The number of benzene rings is 1. The summed E-state index contributed by atoms with van der Waals surface area (Å²) in [4.78, 5) is 1.25. The highest BCUT2D eigenvalue weighted by Crippen LogP contribution is 2.30. The van der Waals surface area contributed by atoms with Crippen LogP contribution in [0, 0.1) is 13.8 Å². The van der Waals surface area contributed by atoms with Crippen LogP contribution in [0.2, 0.25) is 5.02 Å². The van der Waals surface area contributed by atoms with Gasteiger partial charge in [-0.15, -0.1) is 11.3 Å². The minimum absolute atomic E-state index is 0.126. The zero-order valence-corrected chi connectivity index (χ0v) is 10.9. The summed E-state index contributed by atoms with van der Waals surface area (Å²) in [7, 11) is 0. The molecule has 0 amide bonds. The molecule has 1 atom stereocenters. The molecule has 1 heterocycles. The van der Waals surface area contributed by atoms with Gasteiger partial charge in [0.05, 0.1) is 6.04 Å². The summed E-state index contributed by atoms with van der Waals surface area (Å²) in [5, 5.41) is 2.81. The summed E-state index contributed by atoms with van der Waals surface area (Å²) in [6.45, 7) is 4.11. The van der Waals surface area contributed by atoms with Crippen molar-refractivity contribution in [1.29, 1.82) is 0 Å². The average molecular weight is 252 g/mol. The van der Waals surface area contributed by atoms with Gasteiger partial charge in [-0.1, -0.05) is 23.7 Å². The first-order chi connectivity index (χ1) is 7.59. The van der Waals surface area contributed by atoms with E-state index in [9.17, 15) is 0 Å². The molecule has 0 aliphatic heterocycles. The molecule has 1 unspecified atom stereocenters. The van der Waals surface area contributed by atoms with E-state index in [2.05, 4.69) is 18.4 Å². The van der Waals surface area contributed by atoms with Crippen molar-refractivity contribution in [2.75, 3.05) is 0 Å². The van der Waals surface area contributed by atoms with E-state index >= 15 is 0 Å². The third-order valence-corrected chi connectivity index (χ3v) is 3.91. The molecule has 0 saturated carbocycles. The molecule has 0 aliphatic rings. The molecule has 1 aromatic heterocycles. The topological polar surface area (TPSA) is 26.0 Å². The molecule has 1 nitrogen and oxygen atoms in total. The summed E-state index contributed by atoms with van der Waals surface area (Å²) >= 11 is 7.93. The highest BCUT2D eigenvalue weighted by Gasteiger charge is 2.14. The summed E-state index contributed by atoms with van der Waals surface area (Å²) in [5.41, 5.74) is 9.55. The van der Waals surface area contributed by atoms with Crippen LogP contribution in [0.25, 0.3) is 0 Å². The molecule has 0 radical (unpaired) electrons. The van der Waals surface area contributed by atoms with Crippen molar-refractivity contribution in [2.45, 2.75) is 19.9 Å². The normalized spacial score (nSPS) is 12.8. The summed E-state index contributed by atoms with van der Waals surface area (Å²) < 4.78 is 0. The van der Waals surface area contributed by atoms with E-state index in [4.69, 9.17) is 17.3 Å². The Hall–Kier alpha value is -0.830. The van der Waals surface area contributed by atoms with Crippen molar-refractivity contribution in [1.82, 2.24) is 0 Å². The quantitative estimate of drug-likeness (QED) is 0.856. The lowest BCUT2D eigenvalue weighted by molar-refractivity contribution is 0.869. The zero-order chi connectivity index (χ0) is 11.7. The monoisotopic (exact) mass is 251 g/mol. The minimum Gasteiger partial charge on any atom is -0.320 e. The largest absolute Gasteiger partial charge is 0.320 e. The lowest BCUT2D eigenvalue weighted by Crippen LogP contribution is -2.12. The Labute approximate surface area is 105 Å². The number of halogens is 1. The summed E-state index contributed by atoms with van der Waals surface area (Å²) in [6.07, 6.45) is 0. The van der Waals surface area contributed by atoms with Gasteiger partial charge in [-0.25, -0.2) is 0 Å². The second-order valence-corrected chi connectivity index (χ2v) is 5.46. The molecule has 0 spiro atoms. The van der Waals surface area contributed by atoms with Crippen LogP contribution in [-0.2, 0) is 0 Å².